The van der Waals surface area contributed by atoms with E-state index in [0.717, 1.165) is 0 Å². The smallest absolute Gasteiger partial charge is 0.323 e. The van der Waals surface area contributed by atoms with Gasteiger partial charge in [-0.3, -0.25) is 4.79 Å². The summed E-state index contributed by atoms with van der Waals surface area (Å²) in [5.41, 5.74) is 5.55. The van der Waals surface area contributed by atoms with E-state index < -0.39 is 6.04 Å². The summed E-state index contributed by atoms with van der Waals surface area (Å²) < 4.78 is 5.13. The van der Waals surface area contributed by atoms with E-state index in [0.29, 0.717) is 18.1 Å². The summed E-state index contributed by atoms with van der Waals surface area (Å²) in [5, 5.41) is 0. The average Bonchev–Trinajstić information content (AvgIpc) is 2.04. The Hall–Kier alpha value is -0.220. The molecular formula is C9H19NO2S. The van der Waals surface area contributed by atoms with Gasteiger partial charge in [0.25, 0.3) is 0 Å². The third-order valence-electron chi connectivity index (χ3n) is 1.98. The minimum absolute atomic E-state index is 0.0709. The summed E-state index contributed by atoms with van der Waals surface area (Å²) in [6.45, 7) is 5.88. The monoisotopic (exact) mass is 205 g/mol. The molecule has 2 atom stereocenters. The maximum absolute atomic E-state index is 11.3. The first-order valence-electron chi connectivity index (χ1n) is 4.56. The summed E-state index contributed by atoms with van der Waals surface area (Å²) in [5.74, 6) is 0.606. The lowest BCUT2D eigenvalue weighted by atomic mass is 10.1. The fourth-order valence-corrected chi connectivity index (χ4v) is 0.942. The highest BCUT2D eigenvalue weighted by molar-refractivity contribution is 7.80. The molecule has 0 bridgehead atoms. The van der Waals surface area contributed by atoms with Gasteiger partial charge in [-0.05, 0) is 25.0 Å². The van der Waals surface area contributed by atoms with Gasteiger partial charge in [0.05, 0.1) is 0 Å². The molecule has 0 rings (SSSR count). The molecule has 0 saturated heterocycles. The first-order valence-corrected chi connectivity index (χ1v) is 5.19. The van der Waals surface area contributed by atoms with E-state index in [1.807, 2.05) is 20.8 Å². The Morgan fingerprint density at radius 3 is 2.38 bits per heavy atom. The molecule has 0 aromatic heterocycles. The van der Waals surface area contributed by atoms with Gasteiger partial charge in [0.15, 0.2) is 0 Å². The Kier molecular flexibility index (Phi) is 6.16. The summed E-state index contributed by atoms with van der Waals surface area (Å²) in [4.78, 5) is 11.3. The standard InChI is InChI=1S/C9H19NO2S/c1-6(2)7(3)12-9(11)8(10)4-5-13/h6-8,13H,4-5,10H2,1-3H3. The van der Waals surface area contributed by atoms with Crippen molar-refractivity contribution in [2.24, 2.45) is 11.7 Å². The SMILES string of the molecule is CC(C)C(C)OC(=O)C(N)CCS. The van der Waals surface area contributed by atoms with Gasteiger partial charge in [-0.25, -0.2) is 0 Å². The Balaban J connectivity index is 3.85. The molecule has 78 valence electrons. The summed E-state index contributed by atoms with van der Waals surface area (Å²) >= 11 is 4.00. The van der Waals surface area contributed by atoms with Gasteiger partial charge >= 0.3 is 5.97 Å². The number of rotatable bonds is 5. The molecule has 0 spiro atoms. The molecule has 0 aromatic carbocycles. The van der Waals surface area contributed by atoms with Crippen LogP contribution in [0.1, 0.15) is 27.2 Å². The van der Waals surface area contributed by atoms with Gasteiger partial charge in [-0.1, -0.05) is 13.8 Å². The van der Waals surface area contributed by atoms with Crippen molar-refractivity contribution in [2.75, 3.05) is 5.75 Å². The highest BCUT2D eigenvalue weighted by Gasteiger charge is 2.18. The average molecular weight is 205 g/mol. The molecule has 13 heavy (non-hydrogen) atoms. The van der Waals surface area contributed by atoms with E-state index in [2.05, 4.69) is 12.6 Å². The van der Waals surface area contributed by atoms with Crippen LogP contribution in [0.5, 0.6) is 0 Å². The van der Waals surface area contributed by atoms with Gasteiger partial charge in [0, 0.05) is 0 Å². The zero-order chi connectivity index (χ0) is 10.4. The predicted molar refractivity (Wildman–Crippen MR) is 56.8 cm³/mol. The number of carbonyl (C=O) groups excluding carboxylic acids is 1. The maximum Gasteiger partial charge on any atom is 0.323 e. The fraction of sp³-hybridized carbons (Fsp3) is 0.889. The Morgan fingerprint density at radius 2 is 2.00 bits per heavy atom. The first-order chi connectivity index (χ1) is 5.99. The lowest BCUT2D eigenvalue weighted by molar-refractivity contribution is -0.151. The van der Waals surface area contributed by atoms with E-state index in [9.17, 15) is 4.79 Å². The van der Waals surface area contributed by atoms with E-state index in [-0.39, 0.29) is 12.1 Å². The third kappa shape index (κ3) is 5.16. The molecular weight excluding hydrogens is 186 g/mol. The van der Waals surface area contributed by atoms with E-state index in [1.165, 1.54) is 0 Å². The molecule has 0 aliphatic heterocycles. The molecule has 3 nitrogen and oxygen atoms in total. The number of esters is 1. The number of nitrogens with two attached hydrogens (primary N) is 1. The van der Waals surface area contributed by atoms with Crippen molar-refractivity contribution in [3.63, 3.8) is 0 Å². The van der Waals surface area contributed by atoms with Crippen molar-refractivity contribution < 1.29 is 9.53 Å². The van der Waals surface area contributed by atoms with Gasteiger partial charge in [-0.2, -0.15) is 12.6 Å². The van der Waals surface area contributed by atoms with Crippen molar-refractivity contribution in [3.8, 4) is 0 Å². The Bertz CT molecular complexity index is 162. The number of ether oxygens (including phenoxy) is 1. The zero-order valence-electron chi connectivity index (χ0n) is 8.49. The predicted octanol–water partition coefficient (Wildman–Crippen LogP) is 1.22. The van der Waals surface area contributed by atoms with Crippen LogP contribution in [0.15, 0.2) is 0 Å². The number of hydrogen-bond acceptors (Lipinski definition) is 4. The molecule has 0 fully saturated rings. The minimum atomic E-state index is -0.529. The molecule has 0 aliphatic rings. The van der Waals surface area contributed by atoms with Gasteiger partial charge in [0.1, 0.15) is 12.1 Å². The van der Waals surface area contributed by atoms with Crippen LogP contribution in [0.25, 0.3) is 0 Å². The van der Waals surface area contributed by atoms with Crippen molar-refractivity contribution in [3.05, 3.63) is 0 Å². The van der Waals surface area contributed by atoms with Crippen molar-refractivity contribution in [1.29, 1.82) is 0 Å². The van der Waals surface area contributed by atoms with Crippen LogP contribution < -0.4 is 5.73 Å². The van der Waals surface area contributed by atoms with Gasteiger partial charge in [-0.15, -0.1) is 0 Å². The molecule has 0 aliphatic carbocycles. The molecule has 0 aromatic rings. The van der Waals surface area contributed by atoms with Gasteiger partial charge < -0.3 is 10.5 Å². The zero-order valence-corrected chi connectivity index (χ0v) is 9.38. The minimum Gasteiger partial charge on any atom is -0.461 e. The third-order valence-corrected chi connectivity index (χ3v) is 2.24. The molecule has 0 amide bonds. The van der Waals surface area contributed by atoms with E-state index >= 15 is 0 Å². The van der Waals surface area contributed by atoms with Crippen LogP contribution in [0, 0.1) is 5.92 Å². The fourth-order valence-electron chi connectivity index (χ4n) is 0.664. The normalized spacial score (nSPS) is 15.5. The lowest BCUT2D eigenvalue weighted by Crippen LogP contribution is -2.35. The molecule has 2 N–H and O–H groups in total. The summed E-state index contributed by atoms with van der Waals surface area (Å²) in [6.07, 6.45) is 0.491. The molecule has 4 heteroatoms. The lowest BCUT2D eigenvalue weighted by Gasteiger charge is -2.18. The second-order valence-corrected chi connectivity index (χ2v) is 3.95. The highest BCUT2D eigenvalue weighted by atomic mass is 32.1. The van der Waals surface area contributed by atoms with Crippen LogP contribution in [0.4, 0.5) is 0 Å². The van der Waals surface area contributed by atoms with Crippen LogP contribution in [0.2, 0.25) is 0 Å². The second-order valence-electron chi connectivity index (χ2n) is 3.50. The number of hydrogen-bond donors (Lipinski definition) is 2. The Labute approximate surface area is 85.4 Å². The van der Waals surface area contributed by atoms with E-state index in [1.54, 1.807) is 0 Å². The van der Waals surface area contributed by atoms with Crippen LogP contribution in [-0.4, -0.2) is 23.9 Å². The first kappa shape index (κ1) is 12.8. The summed E-state index contributed by atoms with van der Waals surface area (Å²) in [6, 6.07) is -0.529. The van der Waals surface area contributed by atoms with Gasteiger partial charge in [0.2, 0.25) is 0 Å². The molecule has 2 unspecified atom stereocenters. The van der Waals surface area contributed by atoms with Crippen molar-refractivity contribution in [1.82, 2.24) is 0 Å². The largest absolute Gasteiger partial charge is 0.461 e. The highest BCUT2D eigenvalue weighted by Crippen LogP contribution is 2.07. The molecule has 0 saturated carbocycles. The topological polar surface area (TPSA) is 52.3 Å². The van der Waals surface area contributed by atoms with Crippen LogP contribution in [0.3, 0.4) is 0 Å². The van der Waals surface area contributed by atoms with Crippen LogP contribution >= 0.6 is 12.6 Å². The number of carbonyl (C=O) groups is 1. The van der Waals surface area contributed by atoms with Crippen molar-refractivity contribution in [2.45, 2.75) is 39.3 Å². The number of thiol groups is 1. The second kappa shape index (κ2) is 6.27. The molecule has 0 radical (unpaired) electrons. The quantitative estimate of drug-likeness (QED) is 0.524. The maximum atomic E-state index is 11.3. The Morgan fingerprint density at radius 1 is 1.46 bits per heavy atom. The molecule has 0 heterocycles. The van der Waals surface area contributed by atoms with Crippen LogP contribution in [-0.2, 0) is 9.53 Å². The van der Waals surface area contributed by atoms with Crippen molar-refractivity contribution >= 4 is 18.6 Å². The summed E-state index contributed by atoms with van der Waals surface area (Å²) in [7, 11) is 0. The van der Waals surface area contributed by atoms with E-state index in [4.69, 9.17) is 10.5 Å².